The van der Waals surface area contributed by atoms with Gasteiger partial charge in [-0.3, -0.25) is 0 Å². The molecule has 1 atom stereocenters. The minimum Gasteiger partial charge on any atom is -0.492 e. The Kier molecular flexibility index (Phi) is 5.02. The van der Waals surface area contributed by atoms with Crippen LogP contribution in [-0.4, -0.2) is 37.6 Å². The summed E-state index contributed by atoms with van der Waals surface area (Å²) in [7, 11) is -4.26. The SMILES string of the molecule is CC(C)(C)OC(=O)NS(=O)(=O)CC1(O)c2ccc(F)cc2OCC1(C)C. The zero-order valence-electron chi connectivity index (χ0n) is 15.4. The van der Waals surface area contributed by atoms with Crippen LogP contribution in [0.2, 0.25) is 0 Å². The van der Waals surface area contributed by atoms with Crippen molar-refractivity contribution in [3.8, 4) is 5.75 Å². The largest absolute Gasteiger partial charge is 0.492 e. The van der Waals surface area contributed by atoms with Crippen LogP contribution in [-0.2, 0) is 20.4 Å². The number of rotatable bonds is 3. The Morgan fingerprint density at radius 2 is 2.00 bits per heavy atom. The standard InChI is InChI=1S/C17H24FNO6S/c1-15(2,3)25-14(20)19-26(22,23)10-17(21)12-7-6-11(18)8-13(12)24-9-16(17,4)5/h6-8,21H,9-10H2,1-5H3,(H,19,20). The van der Waals surface area contributed by atoms with Crippen LogP contribution >= 0.6 is 0 Å². The molecule has 1 aliphatic rings. The van der Waals surface area contributed by atoms with E-state index in [1.807, 2.05) is 0 Å². The molecule has 1 unspecified atom stereocenters. The molecule has 1 amide bonds. The number of nitrogens with one attached hydrogen (secondary N) is 1. The van der Waals surface area contributed by atoms with Crippen LogP contribution in [0.25, 0.3) is 0 Å². The van der Waals surface area contributed by atoms with Crippen molar-refractivity contribution in [3.63, 3.8) is 0 Å². The van der Waals surface area contributed by atoms with E-state index in [9.17, 15) is 22.7 Å². The second kappa shape index (κ2) is 6.38. The lowest BCUT2D eigenvalue weighted by Crippen LogP contribution is -2.55. The number of benzene rings is 1. The first-order valence-corrected chi connectivity index (χ1v) is 9.69. The highest BCUT2D eigenvalue weighted by molar-refractivity contribution is 7.90. The van der Waals surface area contributed by atoms with Crippen LogP contribution < -0.4 is 9.46 Å². The Bertz CT molecular complexity index is 815. The number of carbonyl (C=O) groups excluding carboxylic acids is 1. The molecule has 146 valence electrons. The monoisotopic (exact) mass is 389 g/mol. The maximum absolute atomic E-state index is 13.5. The van der Waals surface area contributed by atoms with E-state index in [-0.39, 0.29) is 17.9 Å². The number of hydrogen-bond donors (Lipinski definition) is 2. The van der Waals surface area contributed by atoms with Gasteiger partial charge in [0.2, 0.25) is 10.0 Å². The summed E-state index contributed by atoms with van der Waals surface area (Å²) in [4.78, 5) is 11.8. The van der Waals surface area contributed by atoms with Gasteiger partial charge in [0.05, 0.1) is 6.61 Å². The first kappa shape index (κ1) is 20.4. The Morgan fingerprint density at radius 1 is 1.38 bits per heavy atom. The van der Waals surface area contributed by atoms with Gasteiger partial charge in [-0.15, -0.1) is 0 Å². The summed E-state index contributed by atoms with van der Waals surface area (Å²) in [6, 6.07) is 3.49. The predicted octanol–water partition coefficient (Wildman–Crippen LogP) is 2.29. The van der Waals surface area contributed by atoms with Crippen molar-refractivity contribution in [1.82, 2.24) is 4.72 Å². The van der Waals surface area contributed by atoms with Gasteiger partial charge in [0, 0.05) is 17.0 Å². The minimum absolute atomic E-state index is 0.0259. The third kappa shape index (κ3) is 4.27. The molecule has 7 nitrogen and oxygen atoms in total. The van der Waals surface area contributed by atoms with E-state index in [1.165, 1.54) is 6.07 Å². The molecule has 0 bridgehead atoms. The molecule has 9 heteroatoms. The zero-order valence-corrected chi connectivity index (χ0v) is 16.2. The summed E-state index contributed by atoms with van der Waals surface area (Å²) in [5.74, 6) is -1.31. The molecule has 0 radical (unpaired) electrons. The lowest BCUT2D eigenvalue weighted by molar-refractivity contribution is -0.0923. The van der Waals surface area contributed by atoms with E-state index >= 15 is 0 Å². The normalized spacial score (nSPS) is 22.1. The van der Waals surface area contributed by atoms with Crippen LogP contribution in [0.3, 0.4) is 0 Å². The summed E-state index contributed by atoms with van der Waals surface area (Å²) in [5.41, 5.74) is -3.65. The van der Waals surface area contributed by atoms with Crippen molar-refractivity contribution in [3.05, 3.63) is 29.6 Å². The first-order chi connectivity index (χ1) is 11.7. The number of sulfonamides is 1. The molecule has 0 fully saturated rings. The fraction of sp³-hybridized carbons (Fsp3) is 0.588. The predicted molar refractivity (Wildman–Crippen MR) is 92.7 cm³/mol. The molecule has 0 saturated heterocycles. The fourth-order valence-corrected chi connectivity index (χ4v) is 4.17. The van der Waals surface area contributed by atoms with E-state index in [1.54, 1.807) is 39.3 Å². The van der Waals surface area contributed by atoms with Gasteiger partial charge in [-0.2, -0.15) is 0 Å². The first-order valence-electron chi connectivity index (χ1n) is 8.04. The molecule has 0 spiro atoms. The highest BCUT2D eigenvalue weighted by Gasteiger charge is 2.53. The third-order valence-electron chi connectivity index (χ3n) is 4.13. The van der Waals surface area contributed by atoms with E-state index in [0.717, 1.165) is 12.1 Å². The average Bonchev–Trinajstić information content (AvgIpc) is 2.40. The smallest absolute Gasteiger partial charge is 0.421 e. The van der Waals surface area contributed by atoms with Crippen molar-refractivity contribution in [2.45, 2.75) is 45.8 Å². The van der Waals surface area contributed by atoms with E-state index in [4.69, 9.17) is 9.47 Å². The van der Waals surface area contributed by atoms with Gasteiger partial charge in [0.25, 0.3) is 0 Å². The maximum atomic E-state index is 13.5. The summed E-state index contributed by atoms with van der Waals surface area (Å²) in [6.07, 6.45) is -1.13. The minimum atomic E-state index is -4.26. The third-order valence-corrected chi connectivity index (χ3v) is 5.41. The molecule has 26 heavy (non-hydrogen) atoms. The van der Waals surface area contributed by atoms with Crippen LogP contribution in [0, 0.1) is 11.2 Å². The highest BCUT2D eigenvalue weighted by atomic mass is 32.2. The zero-order chi connectivity index (χ0) is 20.0. The van der Waals surface area contributed by atoms with Gasteiger partial charge < -0.3 is 14.6 Å². The second-order valence-corrected chi connectivity index (χ2v) is 9.76. The molecule has 0 saturated carbocycles. The van der Waals surface area contributed by atoms with Gasteiger partial charge in [-0.1, -0.05) is 13.8 Å². The highest BCUT2D eigenvalue weighted by Crippen LogP contribution is 2.48. The Hall–Kier alpha value is -1.87. The van der Waals surface area contributed by atoms with Gasteiger partial charge in [0.1, 0.15) is 28.5 Å². The quantitative estimate of drug-likeness (QED) is 0.822. The average molecular weight is 389 g/mol. The molecule has 2 N–H and O–H groups in total. The van der Waals surface area contributed by atoms with Crippen molar-refractivity contribution in [1.29, 1.82) is 0 Å². The molecule has 0 aliphatic carbocycles. The van der Waals surface area contributed by atoms with Crippen molar-refractivity contribution in [2.75, 3.05) is 12.4 Å². The van der Waals surface area contributed by atoms with E-state index in [0.29, 0.717) is 0 Å². The van der Waals surface area contributed by atoms with Crippen LogP contribution in [0.1, 0.15) is 40.2 Å². The van der Waals surface area contributed by atoms with Crippen LogP contribution in [0.5, 0.6) is 5.75 Å². The Morgan fingerprint density at radius 3 is 2.58 bits per heavy atom. The number of ether oxygens (including phenoxy) is 2. The topological polar surface area (TPSA) is 102 Å². The number of hydrogen-bond acceptors (Lipinski definition) is 6. The van der Waals surface area contributed by atoms with E-state index in [2.05, 4.69) is 0 Å². The Labute approximate surface area is 152 Å². The maximum Gasteiger partial charge on any atom is 0.421 e. The molecule has 1 aromatic carbocycles. The molecular formula is C17H24FNO6S. The Balaban J connectivity index is 2.35. The summed E-state index contributed by atoms with van der Waals surface area (Å²) in [6.45, 7) is 8.02. The van der Waals surface area contributed by atoms with Crippen molar-refractivity contribution in [2.24, 2.45) is 5.41 Å². The van der Waals surface area contributed by atoms with E-state index < -0.39 is 44.3 Å². The number of amides is 1. The van der Waals surface area contributed by atoms with Gasteiger partial charge in [-0.05, 0) is 32.9 Å². The van der Waals surface area contributed by atoms with Gasteiger partial charge >= 0.3 is 6.09 Å². The number of carbonyl (C=O) groups is 1. The number of aliphatic hydroxyl groups is 1. The summed E-state index contributed by atoms with van der Waals surface area (Å²) >= 11 is 0. The van der Waals surface area contributed by atoms with Crippen LogP contribution in [0.4, 0.5) is 9.18 Å². The molecule has 0 aromatic heterocycles. The second-order valence-electron chi connectivity index (χ2n) is 8.04. The molecule has 1 heterocycles. The molecular weight excluding hydrogens is 365 g/mol. The molecule has 1 aromatic rings. The fourth-order valence-electron chi connectivity index (χ4n) is 2.71. The van der Waals surface area contributed by atoms with Crippen molar-refractivity contribution >= 4 is 16.1 Å². The lowest BCUT2D eigenvalue weighted by atomic mass is 9.70. The van der Waals surface area contributed by atoms with Crippen LogP contribution in [0.15, 0.2) is 18.2 Å². The van der Waals surface area contributed by atoms with Crippen molar-refractivity contribution < 1.29 is 32.2 Å². The van der Waals surface area contributed by atoms with Gasteiger partial charge in [-0.25, -0.2) is 22.3 Å². The molecule has 1 aliphatic heterocycles. The number of halogens is 1. The summed E-state index contributed by atoms with van der Waals surface area (Å²) in [5, 5.41) is 11.2. The number of fused-ring (bicyclic) bond motifs is 1. The summed E-state index contributed by atoms with van der Waals surface area (Å²) < 4.78 is 50.6. The van der Waals surface area contributed by atoms with Gasteiger partial charge in [0.15, 0.2) is 0 Å². The molecule has 2 rings (SSSR count). The lowest BCUT2D eigenvalue weighted by Gasteiger charge is -2.46.